The maximum absolute atomic E-state index is 9.18. The van der Waals surface area contributed by atoms with Gasteiger partial charge in [-0.1, -0.05) is 18.2 Å². The Labute approximate surface area is 164 Å². The fraction of sp³-hybridized carbons (Fsp3) is 0.250. The lowest BCUT2D eigenvalue weighted by Gasteiger charge is -2.13. The molecule has 140 valence electrons. The highest BCUT2D eigenvalue weighted by molar-refractivity contribution is 7.80. The third-order valence-electron chi connectivity index (χ3n) is 3.51. The molecule has 0 aromatic heterocycles. The average molecular weight is 382 g/mol. The third-order valence-corrected chi connectivity index (χ3v) is 3.74. The second-order valence-electron chi connectivity index (χ2n) is 5.43. The van der Waals surface area contributed by atoms with Crippen LogP contribution < -0.4 is 20.2 Å². The normalized spacial score (nSPS) is 10.3. The van der Waals surface area contributed by atoms with Crippen molar-refractivity contribution in [2.75, 3.05) is 13.2 Å². The molecule has 2 N–H and O–H groups in total. The summed E-state index contributed by atoms with van der Waals surface area (Å²) in [4.78, 5) is 0. The van der Waals surface area contributed by atoms with Gasteiger partial charge in [0.15, 0.2) is 16.6 Å². The van der Waals surface area contributed by atoms with Gasteiger partial charge < -0.3 is 14.8 Å². The highest BCUT2D eigenvalue weighted by atomic mass is 32.1. The minimum atomic E-state index is 0.287. The Balaban J connectivity index is 2.09. The van der Waals surface area contributed by atoms with Crippen LogP contribution in [0, 0.1) is 11.3 Å². The summed E-state index contributed by atoms with van der Waals surface area (Å²) in [6, 6.07) is 15.1. The molecule has 6 nitrogen and oxygen atoms in total. The van der Waals surface area contributed by atoms with E-state index < -0.39 is 0 Å². The van der Waals surface area contributed by atoms with E-state index in [0.717, 1.165) is 17.7 Å². The standard InChI is InChI=1S/C20H22N4O2S/c1-3-22-20(27)24-23-13-15-9-10-18(19(11-15)25-4-2)26-14-17-8-6-5-7-16(17)12-21/h5-11,13H,3-4,14H2,1-2H3,(H2,22,24,27)/b23-13+. The monoisotopic (exact) mass is 382 g/mol. The lowest BCUT2D eigenvalue weighted by molar-refractivity contribution is 0.269. The number of nitriles is 1. The molecule has 0 aliphatic rings. The lowest BCUT2D eigenvalue weighted by Crippen LogP contribution is -2.31. The Morgan fingerprint density at radius 1 is 1.19 bits per heavy atom. The van der Waals surface area contributed by atoms with Gasteiger partial charge in [0, 0.05) is 12.1 Å². The van der Waals surface area contributed by atoms with Crippen LogP contribution in [0.4, 0.5) is 0 Å². The molecule has 0 atom stereocenters. The zero-order chi connectivity index (χ0) is 19.5. The molecule has 0 saturated heterocycles. The number of thiocarbonyl (C=S) groups is 1. The van der Waals surface area contributed by atoms with E-state index in [-0.39, 0.29) is 6.61 Å². The summed E-state index contributed by atoms with van der Waals surface area (Å²) in [6.45, 7) is 5.40. The van der Waals surface area contributed by atoms with E-state index in [1.807, 2.05) is 50.2 Å². The topological polar surface area (TPSA) is 78.7 Å². The lowest BCUT2D eigenvalue weighted by atomic mass is 10.1. The summed E-state index contributed by atoms with van der Waals surface area (Å²) in [5, 5.41) is 16.7. The molecular weight excluding hydrogens is 360 g/mol. The number of benzene rings is 2. The molecule has 0 fully saturated rings. The van der Waals surface area contributed by atoms with Gasteiger partial charge in [0.05, 0.1) is 24.5 Å². The van der Waals surface area contributed by atoms with Gasteiger partial charge in [0.2, 0.25) is 0 Å². The molecule has 2 rings (SSSR count). The van der Waals surface area contributed by atoms with Crippen molar-refractivity contribution in [3.8, 4) is 17.6 Å². The number of nitrogens with zero attached hydrogens (tertiary/aromatic N) is 2. The molecule has 27 heavy (non-hydrogen) atoms. The van der Waals surface area contributed by atoms with Crippen molar-refractivity contribution in [3.63, 3.8) is 0 Å². The molecule has 0 unspecified atom stereocenters. The summed E-state index contributed by atoms with van der Waals surface area (Å²) in [5.74, 6) is 1.23. The summed E-state index contributed by atoms with van der Waals surface area (Å²) in [7, 11) is 0. The van der Waals surface area contributed by atoms with Gasteiger partial charge in [-0.15, -0.1) is 0 Å². The van der Waals surface area contributed by atoms with Crippen molar-refractivity contribution < 1.29 is 9.47 Å². The van der Waals surface area contributed by atoms with E-state index in [1.165, 1.54) is 0 Å². The Hall–Kier alpha value is -3.11. The number of nitrogens with one attached hydrogen (secondary N) is 2. The van der Waals surface area contributed by atoms with Crippen LogP contribution in [0.1, 0.15) is 30.5 Å². The summed E-state index contributed by atoms with van der Waals surface area (Å²) in [6.07, 6.45) is 1.65. The van der Waals surface area contributed by atoms with Crippen LogP contribution in [0.3, 0.4) is 0 Å². The van der Waals surface area contributed by atoms with Crippen LogP contribution >= 0.6 is 12.2 Å². The molecular formula is C20H22N4O2S. The second-order valence-corrected chi connectivity index (χ2v) is 5.83. The largest absolute Gasteiger partial charge is 0.490 e. The molecule has 2 aromatic rings. The molecule has 0 aliphatic heterocycles. The highest BCUT2D eigenvalue weighted by Gasteiger charge is 2.08. The zero-order valence-corrected chi connectivity index (χ0v) is 16.2. The molecule has 0 aliphatic carbocycles. The minimum absolute atomic E-state index is 0.287. The van der Waals surface area contributed by atoms with E-state index in [4.69, 9.17) is 21.7 Å². The van der Waals surface area contributed by atoms with Crippen molar-refractivity contribution >= 4 is 23.5 Å². The quantitative estimate of drug-likeness (QED) is 0.414. The fourth-order valence-corrected chi connectivity index (χ4v) is 2.47. The minimum Gasteiger partial charge on any atom is -0.490 e. The molecule has 0 saturated carbocycles. The van der Waals surface area contributed by atoms with Gasteiger partial charge in [-0.2, -0.15) is 10.4 Å². The first-order chi connectivity index (χ1) is 13.2. The highest BCUT2D eigenvalue weighted by Crippen LogP contribution is 2.29. The van der Waals surface area contributed by atoms with Gasteiger partial charge in [0.25, 0.3) is 0 Å². The predicted octanol–water partition coefficient (Wildman–Crippen LogP) is 3.35. The van der Waals surface area contributed by atoms with Crippen molar-refractivity contribution in [1.29, 1.82) is 5.26 Å². The van der Waals surface area contributed by atoms with Crippen LogP contribution in [0.25, 0.3) is 0 Å². The number of rotatable bonds is 8. The molecule has 0 radical (unpaired) electrons. The van der Waals surface area contributed by atoms with Crippen molar-refractivity contribution in [1.82, 2.24) is 10.7 Å². The Bertz CT molecular complexity index is 846. The van der Waals surface area contributed by atoms with Crippen LogP contribution in [0.15, 0.2) is 47.6 Å². The molecule has 2 aromatic carbocycles. The SMILES string of the molecule is CCNC(=S)N/N=C/c1ccc(OCc2ccccc2C#N)c(OCC)c1. The van der Waals surface area contributed by atoms with Crippen LogP contribution in [-0.4, -0.2) is 24.5 Å². The first-order valence-corrected chi connectivity index (χ1v) is 9.03. The van der Waals surface area contributed by atoms with Crippen molar-refractivity contribution in [2.24, 2.45) is 5.10 Å². The fourth-order valence-electron chi connectivity index (χ4n) is 2.27. The third kappa shape index (κ3) is 6.28. The molecule has 0 amide bonds. The molecule has 0 bridgehead atoms. The summed E-state index contributed by atoms with van der Waals surface area (Å²) < 4.78 is 11.6. The van der Waals surface area contributed by atoms with Gasteiger partial charge >= 0.3 is 0 Å². The molecule has 7 heteroatoms. The van der Waals surface area contributed by atoms with Gasteiger partial charge in [0.1, 0.15) is 6.61 Å². The number of hydrogen-bond donors (Lipinski definition) is 2. The second kappa shape index (κ2) is 10.8. The zero-order valence-electron chi connectivity index (χ0n) is 15.4. The van der Waals surface area contributed by atoms with E-state index in [0.29, 0.717) is 28.8 Å². The van der Waals surface area contributed by atoms with Crippen molar-refractivity contribution in [3.05, 3.63) is 59.2 Å². The number of hydrogen-bond acceptors (Lipinski definition) is 5. The Morgan fingerprint density at radius 2 is 2.00 bits per heavy atom. The molecule has 0 spiro atoms. The van der Waals surface area contributed by atoms with Gasteiger partial charge in [-0.3, -0.25) is 5.43 Å². The van der Waals surface area contributed by atoms with E-state index in [1.54, 1.807) is 12.3 Å². The first kappa shape index (κ1) is 20.2. The smallest absolute Gasteiger partial charge is 0.186 e. The van der Waals surface area contributed by atoms with Crippen LogP contribution in [0.2, 0.25) is 0 Å². The number of ether oxygens (including phenoxy) is 2. The van der Waals surface area contributed by atoms with Crippen molar-refractivity contribution in [2.45, 2.75) is 20.5 Å². The van der Waals surface area contributed by atoms with E-state index in [9.17, 15) is 5.26 Å². The maximum atomic E-state index is 9.18. The average Bonchev–Trinajstić information content (AvgIpc) is 2.68. The van der Waals surface area contributed by atoms with E-state index in [2.05, 4.69) is 21.9 Å². The molecule has 0 heterocycles. The van der Waals surface area contributed by atoms with Gasteiger partial charge in [-0.05, 0) is 55.9 Å². The first-order valence-electron chi connectivity index (χ1n) is 8.62. The Morgan fingerprint density at radius 3 is 2.74 bits per heavy atom. The summed E-state index contributed by atoms with van der Waals surface area (Å²) in [5.41, 5.74) is 5.01. The predicted molar refractivity (Wildman–Crippen MR) is 110 cm³/mol. The van der Waals surface area contributed by atoms with Crippen LogP contribution in [-0.2, 0) is 6.61 Å². The number of hydrazone groups is 1. The Kier molecular flexibility index (Phi) is 8.07. The van der Waals surface area contributed by atoms with E-state index >= 15 is 0 Å². The summed E-state index contributed by atoms with van der Waals surface area (Å²) >= 11 is 5.05. The van der Waals surface area contributed by atoms with Gasteiger partial charge in [-0.25, -0.2) is 0 Å². The maximum Gasteiger partial charge on any atom is 0.186 e. The van der Waals surface area contributed by atoms with Crippen LogP contribution in [0.5, 0.6) is 11.5 Å².